The molecule has 3 N–H and O–H groups in total. The zero-order chi connectivity index (χ0) is 14.4. The summed E-state index contributed by atoms with van der Waals surface area (Å²) in [5.41, 5.74) is 7.40. The fraction of sp³-hybridized carbons (Fsp3) is 0.667. The van der Waals surface area contributed by atoms with Gasteiger partial charge in [0.05, 0.1) is 11.6 Å². The van der Waals surface area contributed by atoms with Crippen molar-refractivity contribution in [1.82, 2.24) is 19.7 Å². The van der Waals surface area contributed by atoms with Gasteiger partial charge in [0.25, 0.3) is 0 Å². The van der Waals surface area contributed by atoms with E-state index < -0.39 is 0 Å². The Hall–Kier alpha value is -1.85. The molecule has 1 unspecified atom stereocenters. The largest absolute Gasteiger partial charge is 0.383 e. The van der Waals surface area contributed by atoms with Gasteiger partial charge in [-0.15, -0.1) is 0 Å². The predicted octanol–water partition coefficient (Wildman–Crippen LogP) is 2.33. The van der Waals surface area contributed by atoms with Gasteiger partial charge in [-0.3, -0.25) is 4.68 Å². The average molecular weight is 286 g/mol. The van der Waals surface area contributed by atoms with Crippen LogP contribution < -0.4 is 11.1 Å². The number of rotatable bonds is 3. The van der Waals surface area contributed by atoms with Crippen molar-refractivity contribution in [3.63, 3.8) is 0 Å². The summed E-state index contributed by atoms with van der Waals surface area (Å²) in [5, 5.41) is 8.38. The van der Waals surface area contributed by atoms with Crippen LogP contribution in [-0.2, 0) is 7.05 Å². The van der Waals surface area contributed by atoms with Crippen LogP contribution in [0.5, 0.6) is 0 Å². The van der Waals surface area contributed by atoms with Crippen molar-refractivity contribution < 1.29 is 0 Å². The molecule has 0 saturated heterocycles. The van der Waals surface area contributed by atoms with Gasteiger partial charge in [0.2, 0.25) is 5.95 Å². The van der Waals surface area contributed by atoms with Crippen LogP contribution in [0, 0.1) is 11.3 Å². The Morgan fingerprint density at radius 2 is 2.14 bits per heavy atom. The Balaban J connectivity index is 1.47. The molecule has 2 fully saturated rings. The minimum absolute atomic E-state index is 0.499. The van der Waals surface area contributed by atoms with Crippen LogP contribution in [0.15, 0.2) is 6.20 Å². The second-order valence-corrected chi connectivity index (χ2v) is 6.64. The fourth-order valence-corrected chi connectivity index (χ4v) is 3.93. The molecule has 0 aliphatic heterocycles. The van der Waals surface area contributed by atoms with E-state index in [9.17, 15) is 0 Å². The van der Waals surface area contributed by atoms with Gasteiger partial charge >= 0.3 is 0 Å². The highest BCUT2D eigenvalue weighted by molar-refractivity contribution is 5.86. The number of nitrogen functional groups attached to an aromatic ring is 1. The molecule has 4 rings (SSSR count). The van der Waals surface area contributed by atoms with Gasteiger partial charge in [0, 0.05) is 13.6 Å². The smallest absolute Gasteiger partial charge is 0.226 e. The molecule has 2 aromatic heterocycles. The summed E-state index contributed by atoms with van der Waals surface area (Å²) in [6, 6.07) is 0. The summed E-state index contributed by atoms with van der Waals surface area (Å²) in [6.45, 7) is 0.961. The number of nitrogens with zero attached hydrogens (tertiary/aromatic N) is 4. The van der Waals surface area contributed by atoms with Crippen molar-refractivity contribution in [1.29, 1.82) is 0 Å². The average Bonchev–Trinajstić information content (AvgIpc) is 3.00. The van der Waals surface area contributed by atoms with Crippen LogP contribution in [0.1, 0.15) is 38.5 Å². The molecule has 6 nitrogen and oxygen atoms in total. The van der Waals surface area contributed by atoms with Crippen molar-refractivity contribution in [2.75, 3.05) is 17.6 Å². The van der Waals surface area contributed by atoms with Gasteiger partial charge in [0.15, 0.2) is 5.65 Å². The third-order valence-corrected chi connectivity index (χ3v) is 5.34. The molecule has 0 aromatic carbocycles. The maximum atomic E-state index is 5.98. The van der Waals surface area contributed by atoms with Crippen LogP contribution in [0.3, 0.4) is 0 Å². The molecule has 0 amide bonds. The molecule has 6 heteroatoms. The van der Waals surface area contributed by atoms with Crippen LogP contribution in [0.4, 0.5) is 11.8 Å². The van der Waals surface area contributed by atoms with Crippen LogP contribution in [-0.4, -0.2) is 26.3 Å². The van der Waals surface area contributed by atoms with E-state index in [-0.39, 0.29) is 0 Å². The Morgan fingerprint density at radius 1 is 1.33 bits per heavy atom. The first-order valence-electron chi connectivity index (χ1n) is 7.87. The Kier molecular flexibility index (Phi) is 2.80. The van der Waals surface area contributed by atoms with Gasteiger partial charge < -0.3 is 11.1 Å². The molecular weight excluding hydrogens is 264 g/mol. The molecule has 2 saturated carbocycles. The van der Waals surface area contributed by atoms with E-state index in [1.54, 1.807) is 10.9 Å². The van der Waals surface area contributed by atoms with Crippen molar-refractivity contribution >= 4 is 22.8 Å². The molecule has 2 aromatic rings. The Bertz CT molecular complexity index is 670. The molecule has 21 heavy (non-hydrogen) atoms. The monoisotopic (exact) mass is 286 g/mol. The highest BCUT2D eigenvalue weighted by Crippen LogP contribution is 2.61. The summed E-state index contributed by atoms with van der Waals surface area (Å²) in [5.74, 6) is 1.91. The van der Waals surface area contributed by atoms with Crippen molar-refractivity contribution in [2.24, 2.45) is 18.4 Å². The van der Waals surface area contributed by atoms with Crippen molar-refractivity contribution in [2.45, 2.75) is 38.5 Å². The number of nitrogens with one attached hydrogen (secondary N) is 1. The Labute approximate surface area is 124 Å². The van der Waals surface area contributed by atoms with E-state index in [1.165, 1.54) is 38.5 Å². The first-order valence-corrected chi connectivity index (χ1v) is 7.87. The Morgan fingerprint density at radius 3 is 2.95 bits per heavy atom. The first-order chi connectivity index (χ1) is 10.2. The lowest BCUT2D eigenvalue weighted by Crippen LogP contribution is -2.16. The minimum Gasteiger partial charge on any atom is -0.383 e. The number of nitrogens with two attached hydrogens (primary N) is 1. The fourth-order valence-electron chi connectivity index (χ4n) is 3.93. The molecule has 1 atom stereocenters. The number of aryl methyl sites for hydroxylation is 1. The second kappa shape index (κ2) is 4.58. The summed E-state index contributed by atoms with van der Waals surface area (Å²) in [7, 11) is 1.87. The van der Waals surface area contributed by atoms with Gasteiger partial charge in [-0.2, -0.15) is 15.1 Å². The molecule has 0 radical (unpaired) electrons. The summed E-state index contributed by atoms with van der Waals surface area (Å²) in [4.78, 5) is 8.88. The van der Waals surface area contributed by atoms with E-state index in [1.807, 2.05) is 7.05 Å². The molecule has 1 spiro atoms. The third kappa shape index (κ3) is 2.13. The van der Waals surface area contributed by atoms with Gasteiger partial charge in [0.1, 0.15) is 5.82 Å². The number of hydrogen-bond acceptors (Lipinski definition) is 5. The number of fused-ring (bicyclic) bond motifs is 1. The van der Waals surface area contributed by atoms with Crippen molar-refractivity contribution in [3.8, 4) is 0 Å². The summed E-state index contributed by atoms with van der Waals surface area (Å²) in [6.07, 6.45) is 10.1. The maximum Gasteiger partial charge on any atom is 0.226 e. The van der Waals surface area contributed by atoms with E-state index in [2.05, 4.69) is 20.4 Å². The summed E-state index contributed by atoms with van der Waals surface area (Å²) < 4.78 is 1.73. The molecule has 0 bridgehead atoms. The number of hydrogen-bond donors (Lipinski definition) is 2. The van der Waals surface area contributed by atoms with Crippen LogP contribution in [0.25, 0.3) is 11.0 Å². The van der Waals surface area contributed by atoms with Crippen LogP contribution in [0.2, 0.25) is 0 Å². The van der Waals surface area contributed by atoms with Crippen molar-refractivity contribution in [3.05, 3.63) is 6.20 Å². The molecular formula is C15H22N6. The van der Waals surface area contributed by atoms with E-state index in [0.717, 1.165) is 23.5 Å². The zero-order valence-electron chi connectivity index (χ0n) is 12.5. The van der Waals surface area contributed by atoms with Gasteiger partial charge in [-0.1, -0.05) is 19.3 Å². The topological polar surface area (TPSA) is 81.7 Å². The van der Waals surface area contributed by atoms with E-state index in [0.29, 0.717) is 17.2 Å². The highest BCUT2D eigenvalue weighted by atomic mass is 15.3. The lowest BCUT2D eigenvalue weighted by Gasteiger charge is -2.22. The number of aromatic nitrogens is 4. The number of anilines is 2. The maximum absolute atomic E-state index is 5.98. The lowest BCUT2D eigenvalue weighted by molar-refractivity contribution is 0.311. The third-order valence-electron chi connectivity index (χ3n) is 5.34. The quantitative estimate of drug-likeness (QED) is 0.905. The second-order valence-electron chi connectivity index (χ2n) is 6.64. The highest BCUT2D eigenvalue weighted by Gasteiger charge is 2.53. The first kappa shape index (κ1) is 12.9. The normalized spacial score (nSPS) is 23.6. The minimum atomic E-state index is 0.499. The van der Waals surface area contributed by atoms with Crippen LogP contribution >= 0.6 is 0 Å². The van der Waals surface area contributed by atoms with E-state index >= 15 is 0 Å². The lowest BCUT2D eigenvalue weighted by atomic mass is 9.84. The van der Waals surface area contributed by atoms with E-state index in [4.69, 9.17) is 5.73 Å². The SMILES string of the molecule is Cn1ncc2c(N)nc(NCC3CC34CCCCC4)nc21. The molecule has 2 aliphatic rings. The molecule has 2 heterocycles. The van der Waals surface area contributed by atoms with Gasteiger partial charge in [-0.25, -0.2) is 0 Å². The summed E-state index contributed by atoms with van der Waals surface area (Å²) >= 11 is 0. The zero-order valence-corrected chi connectivity index (χ0v) is 12.5. The molecule has 112 valence electrons. The molecule has 2 aliphatic carbocycles. The predicted molar refractivity (Wildman–Crippen MR) is 82.8 cm³/mol. The van der Waals surface area contributed by atoms with Gasteiger partial charge in [-0.05, 0) is 30.6 Å². The standard InChI is InChI=1S/C15H22N6/c1-21-13-11(9-18-21)12(16)19-14(20-13)17-8-10-7-15(10)5-3-2-4-6-15/h9-10H,2-8H2,1H3,(H3,16,17,19,20).